The Labute approximate surface area is 157 Å². The average molecular weight is 369 g/mol. The van der Waals surface area contributed by atoms with Gasteiger partial charge in [0.2, 0.25) is 10.1 Å². The summed E-state index contributed by atoms with van der Waals surface area (Å²) in [6.07, 6.45) is 4.05. The second-order valence-electron chi connectivity index (χ2n) is 7.80. The Morgan fingerprint density at radius 2 is 2.15 bits per heavy atom. The molecule has 4 rings (SSSR count). The van der Waals surface area contributed by atoms with Gasteiger partial charge in [0.05, 0.1) is 6.04 Å². The van der Waals surface area contributed by atoms with Gasteiger partial charge in [-0.15, -0.1) is 5.10 Å². The third-order valence-electron chi connectivity index (χ3n) is 5.22. The first-order chi connectivity index (χ1) is 12.4. The molecule has 3 aromatic rings. The maximum absolute atomic E-state index is 12.3. The largest absolute Gasteiger partial charge is 0.353 e. The van der Waals surface area contributed by atoms with Crippen molar-refractivity contribution in [1.29, 1.82) is 0 Å². The number of benzene rings is 1. The number of nitrogens with one attached hydrogen (secondary N) is 1. The molecule has 0 fully saturated rings. The highest BCUT2D eigenvalue weighted by Gasteiger charge is 2.30. The highest BCUT2D eigenvalue weighted by molar-refractivity contribution is 7.20. The van der Waals surface area contributed by atoms with Crippen LogP contribution in [0.5, 0.6) is 0 Å². The predicted molar refractivity (Wildman–Crippen MR) is 106 cm³/mol. The van der Waals surface area contributed by atoms with Crippen LogP contribution < -0.4 is 10.9 Å². The van der Waals surface area contributed by atoms with Crippen molar-refractivity contribution in [3.8, 4) is 0 Å². The Hall–Kier alpha value is -2.21. The van der Waals surface area contributed by atoms with E-state index >= 15 is 0 Å². The van der Waals surface area contributed by atoms with E-state index in [1.807, 2.05) is 6.92 Å². The minimum atomic E-state index is -0.113. The molecule has 1 aliphatic carbocycles. The van der Waals surface area contributed by atoms with Crippen LogP contribution in [-0.4, -0.2) is 14.6 Å². The van der Waals surface area contributed by atoms with Gasteiger partial charge >= 0.3 is 0 Å². The first-order valence-corrected chi connectivity index (χ1v) is 10.0. The molecule has 0 radical (unpaired) electrons. The molecule has 1 N–H and O–H groups in total. The van der Waals surface area contributed by atoms with Crippen molar-refractivity contribution in [2.45, 2.75) is 52.5 Å². The quantitative estimate of drug-likeness (QED) is 0.703. The molecule has 6 heteroatoms. The highest BCUT2D eigenvalue weighted by atomic mass is 32.1. The normalized spacial score (nSPS) is 19.1. The molecule has 1 aliphatic rings. The number of nitrogens with zero attached hydrogens (tertiary/aromatic N) is 3. The van der Waals surface area contributed by atoms with Crippen molar-refractivity contribution in [2.75, 3.05) is 5.32 Å². The Kier molecular flexibility index (Phi) is 4.31. The van der Waals surface area contributed by atoms with E-state index in [4.69, 9.17) is 0 Å². The molecule has 0 saturated heterocycles. The van der Waals surface area contributed by atoms with Gasteiger partial charge < -0.3 is 5.32 Å². The molecule has 26 heavy (non-hydrogen) atoms. The van der Waals surface area contributed by atoms with Gasteiger partial charge in [-0.25, -0.2) is 4.98 Å². The summed E-state index contributed by atoms with van der Waals surface area (Å²) < 4.78 is 1.40. The van der Waals surface area contributed by atoms with Gasteiger partial charge in [-0.1, -0.05) is 56.4 Å². The number of rotatable bonds is 3. The van der Waals surface area contributed by atoms with Crippen LogP contribution in [0.2, 0.25) is 0 Å². The van der Waals surface area contributed by atoms with Crippen molar-refractivity contribution in [3.63, 3.8) is 0 Å². The van der Waals surface area contributed by atoms with Crippen LogP contribution >= 0.6 is 11.3 Å². The second kappa shape index (κ2) is 6.50. The van der Waals surface area contributed by atoms with Gasteiger partial charge in [-0.05, 0) is 42.2 Å². The molecular weight excluding hydrogens is 344 g/mol. The Morgan fingerprint density at radius 1 is 1.35 bits per heavy atom. The molecule has 136 valence electrons. The number of hydrogen-bond donors (Lipinski definition) is 1. The molecule has 2 aromatic heterocycles. The number of aryl methyl sites for hydroxylation is 2. The minimum absolute atomic E-state index is 0.113. The number of fused-ring (bicyclic) bond motifs is 2. The van der Waals surface area contributed by atoms with Crippen LogP contribution in [0.4, 0.5) is 5.13 Å². The van der Waals surface area contributed by atoms with Crippen molar-refractivity contribution >= 4 is 21.4 Å². The predicted octanol–water partition coefficient (Wildman–Crippen LogP) is 4.23. The van der Waals surface area contributed by atoms with Gasteiger partial charge in [-0.3, -0.25) is 4.79 Å². The first kappa shape index (κ1) is 17.2. The summed E-state index contributed by atoms with van der Waals surface area (Å²) in [6, 6.07) is 10.4. The molecule has 0 unspecified atom stereocenters. The van der Waals surface area contributed by atoms with Crippen LogP contribution in [0.1, 0.15) is 56.5 Å². The molecule has 0 spiro atoms. The fraction of sp³-hybridized carbons (Fsp3) is 0.450. The molecule has 0 saturated carbocycles. The van der Waals surface area contributed by atoms with Crippen molar-refractivity contribution in [3.05, 3.63) is 57.5 Å². The summed E-state index contributed by atoms with van der Waals surface area (Å²) >= 11 is 1.45. The lowest BCUT2D eigenvalue weighted by Gasteiger charge is -2.27. The van der Waals surface area contributed by atoms with E-state index in [-0.39, 0.29) is 17.0 Å². The van der Waals surface area contributed by atoms with Gasteiger partial charge in [0, 0.05) is 11.8 Å². The van der Waals surface area contributed by atoms with Crippen molar-refractivity contribution in [1.82, 2.24) is 14.6 Å². The molecule has 0 aliphatic heterocycles. The summed E-state index contributed by atoms with van der Waals surface area (Å²) in [5, 5.41) is 8.83. The fourth-order valence-electron chi connectivity index (χ4n) is 3.71. The molecule has 0 amide bonds. The zero-order valence-corrected chi connectivity index (χ0v) is 16.3. The van der Waals surface area contributed by atoms with Crippen LogP contribution in [0.15, 0.2) is 35.1 Å². The number of aromatic nitrogens is 3. The number of hydrogen-bond acceptors (Lipinski definition) is 5. The number of anilines is 1. The summed E-state index contributed by atoms with van der Waals surface area (Å²) in [4.78, 5) is 17.4. The van der Waals surface area contributed by atoms with Crippen molar-refractivity contribution < 1.29 is 0 Å². The summed E-state index contributed by atoms with van der Waals surface area (Å²) in [7, 11) is 0. The molecular formula is C20H24N4OS. The molecule has 1 atom stereocenters. The monoisotopic (exact) mass is 368 g/mol. The summed E-state index contributed by atoms with van der Waals surface area (Å²) in [6.45, 7) is 6.65. The maximum atomic E-state index is 12.3. The van der Waals surface area contributed by atoms with Gasteiger partial charge in [0.15, 0.2) is 0 Å². The SMILES string of the molecule is CCc1cc(=O)n2nc(N[C@H]3CC(C)(C)CCc4ccccc43)sc2n1. The Morgan fingerprint density at radius 3 is 2.96 bits per heavy atom. The molecule has 2 heterocycles. The maximum Gasteiger partial charge on any atom is 0.275 e. The first-order valence-electron chi connectivity index (χ1n) is 9.19. The van der Waals surface area contributed by atoms with Crippen LogP contribution in [0.3, 0.4) is 0 Å². The Balaban J connectivity index is 1.72. The second-order valence-corrected chi connectivity index (χ2v) is 8.76. The standard InChI is InChI=1S/C20H24N4OS/c1-4-14-11-17(25)24-19(21-14)26-18(23-24)22-16-12-20(2,3)10-9-13-7-5-6-8-15(13)16/h5-8,11,16H,4,9-10,12H2,1-3H3,(H,22,23)/t16-/m0/s1. The minimum Gasteiger partial charge on any atom is -0.353 e. The van der Waals surface area contributed by atoms with Crippen LogP contribution in [-0.2, 0) is 12.8 Å². The van der Waals surface area contributed by atoms with E-state index in [1.54, 1.807) is 6.07 Å². The lowest BCUT2D eigenvalue weighted by molar-refractivity contribution is 0.300. The Bertz CT molecular complexity index is 1000. The molecule has 0 bridgehead atoms. The third kappa shape index (κ3) is 3.26. The van der Waals surface area contributed by atoms with E-state index in [1.165, 1.54) is 33.4 Å². The van der Waals surface area contributed by atoms with E-state index < -0.39 is 0 Å². The smallest absolute Gasteiger partial charge is 0.275 e. The van der Waals surface area contributed by atoms with E-state index in [9.17, 15) is 4.79 Å². The van der Waals surface area contributed by atoms with E-state index in [0.717, 1.165) is 30.1 Å². The van der Waals surface area contributed by atoms with Crippen LogP contribution in [0.25, 0.3) is 4.96 Å². The third-order valence-corrected chi connectivity index (χ3v) is 6.06. The summed E-state index contributed by atoms with van der Waals surface area (Å²) in [5.74, 6) is 0. The fourth-order valence-corrected chi connectivity index (χ4v) is 4.59. The van der Waals surface area contributed by atoms with Crippen molar-refractivity contribution in [2.24, 2.45) is 5.41 Å². The van der Waals surface area contributed by atoms with Crippen LogP contribution in [0, 0.1) is 5.41 Å². The zero-order valence-electron chi connectivity index (χ0n) is 15.5. The lowest BCUT2D eigenvalue weighted by Crippen LogP contribution is -2.20. The van der Waals surface area contributed by atoms with E-state index in [0.29, 0.717) is 4.96 Å². The lowest BCUT2D eigenvalue weighted by atomic mass is 9.83. The average Bonchev–Trinajstić information content (AvgIpc) is 2.97. The molecule has 1 aromatic carbocycles. The zero-order chi connectivity index (χ0) is 18.3. The summed E-state index contributed by atoms with van der Waals surface area (Å²) in [5.41, 5.74) is 3.69. The van der Waals surface area contributed by atoms with Gasteiger partial charge in [0.1, 0.15) is 0 Å². The van der Waals surface area contributed by atoms with Gasteiger partial charge in [-0.2, -0.15) is 4.52 Å². The van der Waals surface area contributed by atoms with E-state index in [2.05, 4.69) is 53.5 Å². The topological polar surface area (TPSA) is 59.3 Å². The highest BCUT2D eigenvalue weighted by Crippen LogP contribution is 2.41. The molecule has 5 nitrogen and oxygen atoms in total. The van der Waals surface area contributed by atoms with Gasteiger partial charge in [0.25, 0.3) is 5.56 Å².